The minimum absolute atomic E-state index is 0.295. The Balaban J connectivity index is 2.07. The van der Waals surface area contributed by atoms with Crippen molar-refractivity contribution in [1.82, 2.24) is 0 Å². The van der Waals surface area contributed by atoms with Crippen molar-refractivity contribution >= 4 is 11.8 Å². The molecule has 1 saturated heterocycles. The van der Waals surface area contributed by atoms with E-state index in [4.69, 9.17) is 5.73 Å². The first-order valence-corrected chi connectivity index (χ1v) is 6.62. The summed E-state index contributed by atoms with van der Waals surface area (Å²) in [6.45, 7) is 4.42. The monoisotopic (exact) mass is 215 g/mol. The molecule has 3 N–H and O–H groups in total. The summed E-state index contributed by atoms with van der Waals surface area (Å²) < 4.78 is 0. The predicted octanol–water partition coefficient (Wildman–Crippen LogP) is 1.76. The Hall–Kier alpha value is 0.270. The first-order valence-electron chi connectivity index (χ1n) is 5.46. The van der Waals surface area contributed by atoms with Gasteiger partial charge in [-0.2, -0.15) is 11.8 Å². The molecule has 0 aromatic rings. The number of hydrogen-bond donors (Lipinski definition) is 2. The maximum atomic E-state index is 10.5. The van der Waals surface area contributed by atoms with Gasteiger partial charge in [0.05, 0.1) is 11.1 Å². The Kier molecular flexibility index (Phi) is 2.41. The van der Waals surface area contributed by atoms with E-state index in [1.165, 1.54) is 5.75 Å². The van der Waals surface area contributed by atoms with Crippen LogP contribution in [0, 0.1) is 5.41 Å². The van der Waals surface area contributed by atoms with Gasteiger partial charge in [-0.3, -0.25) is 0 Å². The lowest BCUT2D eigenvalue weighted by molar-refractivity contribution is -0.157. The molecular formula is C11H21NOS. The van der Waals surface area contributed by atoms with Crippen molar-refractivity contribution in [1.29, 1.82) is 0 Å². The van der Waals surface area contributed by atoms with Crippen molar-refractivity contribution in [2.45, 2.75) is 50.7 Å². The molecule has 1 heterocycles. The highest BCUT2D eigenvalue weighted by molar-refractivity contribution is 7.99. The van der Waals surface area contributed by atoms with Gasteiger partial charge in [-0.15, -0.1) is 0 Å². The molecule has 2 aliphatic rings. The summed E-state index contributed by atoms with van der Waals surface area (Å²) in [6, 6.07) is 0. The van der Waals surface area contributed by atoms with Crippen LogP contribution in [0.3, 0.4) is 0 Å². The van der Waals surface area contributed by atoms with Gasteiger partial charge in [0.25, 0.3) is 0 Å². The highest BCUT2D eigenvalue weighted by atomic mass is 32.2. The molecule has 3 heteroatoms. The number of hydrogen-bond acceptors (Lipinski definition) is 3. The second-order valence-corrected chi connectivity index (χ2v) is 6.97. The zero-order valence-corrected chi connectivity index (χ0v) is 9.99. The van der Waals surface area contributed by atoms with Gasteiger partial charge < -0.3 is 10.8 Å². The van der Waals surface area contributed by atoms with Crippen molar-refractivity contribution in [2.24, 2.45) is 11.1 Å². The van der Waals surface area contributed by atoms with Crippen molar-refractivity contribution < 1.29 is 5.11 Å². The smallest absolute Gasteiger partial charge is 0.0844 e. The van der Waals surface area contributed by atoms with Crippen LogP contribution in [0.1, 0.15) is 39.5 Å². The third-order valence-corrected chi connectivity index (χ3v) is 5.04. The van der Waals surface area contributed by atoms with Crippen LogP contribution in [0.5, 0.6) is 0 Å². The lowest BCUT2D eigenvalue weighted by Crippen LogP contribution is -2.70. The van der Waals surface area contributed by atoms with Crippen molar-refractivity contribution in [3.8, 4) is 0 Å². The summed E-state index contributed by atoms with van der Waals surface area (Å²) in [4.78, 5) is 0. The van der Waals surface area contributed by atoms with Crippen molar-refractivity contribution in [3.63, 3.8) is 0 Å². The van der Waals surface area contributed by atoms with Crippen LogP contribution in [0.15, 0.2) is 0 Å². The summed E-state index contributed by atoms with van der Waals surface area (Å²) >= 11 is 1.89. The van der Waals surface area contributed by atoms with Gasteiger partial charge in [-0.05, 0) is 36.9 Å². The lowest BCUT2D eigenvalue weighted by Gasteiger charge is -2.59. The van der Waals surface area contributed by atoms with E-state index in [0.717, 1.165) is 31.4 Å². The van der Waals surface area contributed by atoms with Crippen molar-refractivity contribution in [2.75, 3.05) is 11.5 Å². The Morgan fingerprint density at radius 2 is 1.93 bits per heavy atom. The molecular weight excluding hydrogens is 194 g/mol. The fourth-order valence-electron chi connectivity index (χ4n) is 3.07. The molecule has 0 radical (unpaired) electrons. The normalized spacial score (nSPS) is 40.3. The zero-order valence-electron chi connectivity index (χ0n) is 9.18. The number of aliphatic hydroxyl groups is 1. The predicted molar refractivity (Wildman–Crippen MR) is 61.4 cm³/mol. The molecule has 0 aromatic carbocycles. The van der Waals surface area contributed by atoms with Gasteiger partial charge in [0.1, 0.15) is 0 Å². The van der Waals surface area contributed by atoms with Crippen LogP contribution in [-0.4, -0.2) is 27.8 Å². The van der Waals surface area contributed by atoms with E-state index in [0.29, 0.717) is 5.41 Å². The van der Waals surface area contributed by atoms with Gasteiger partial charge in [0.2, 0.25) is 0 Å². The number of rotatable bonds is 1. The van der Waals surface area contributed by atoms with E-state index in [9.17, 15) is 5.11 Å². The quantitative estimate of drug-likeness (QED) is 0.700. The molecule has 2 fully saturated rings. The first kappa shape index (κ1) is 10.8. The third kappa shape index (κ3) is 1.59. The molecule has 1 aliphatic heterocycles. The van der Waals surface area contributed by atoms with E-state index in [1.54, 1.807) is 0 Å². The summed E-state index contributed by atoms with van der Waals surface area (Å²) in [7, 11) is 0. The van der Waals surface area contributed by atoms with Gasteiger partial charge >= 0.3 is 0 Å². The van der Waals surface area contributed by atoms with Gasteiger partial charge in [0, 0.05) is 5.75 Å². The molecule has 0 spiro atoms. The SMILES string of the molecule is CC1(C)CC(O)(C2(N)CCCSC2)C1. The Morgan fingerprint density at radius 1 is 1.29 bits per heavy atom. The summed E-state index contributed by atoms with van der Waals surface area (Å²) in [5, 5.41) is 10.5. The third-order valence-electron chi connectivity index (χ3n) is 3.74. The molecule has 14 heavy (non-hydrogen) atoms. The second kappa shape index (κ2) is 3.13. The van der Waals surface area contributed by atoms with Crippen LogP contribution >= 0.6 is 11.8 Å². The minimum Gasteiger partial charge on any atom is -0.388 e. The lowest BCUT2D eigenvalue weighted by atomic mass is 9.54. The highest BCUT2D eigenvalue weighted by Gasteiger charge is 2.58. The van der Waals surface area contributed by atoms with E-state index < -0.39 is 5.60 Å². The van der Waals surface area contributed by atoms with Gasteiger partial charge in [-0.25, -0.2) is 0 Å². The van der Waals surface area contributed by atoms with Crippen molar-refractivity contribution in [3.05, 3.63) is 0 Å². The molecule has 82 valence electrons. The van der Waals surface area contributed by atoms with Crippen LogP contribution in [0.25, 0.3) is 0 Å². The summed E-state index contributed by atoms with van der Waals surface area (Å²) in [6.07, 6.45) is 3.89. The topological polar surface area (TPSA) is 46.2 Å². The molecule has 1 saturated carbocycles. The Morgan fingerprint density at radius 3 is 2.36 bits per heavy atom. The largest absolute Gasteiger partial charge is 0.388 e. The van der Waals surface area contributed by atoms with E-state index in [1.807, 2.05) is 11.8 Å². The standard InChI is InChI=1S/C11H21NOS/c1-9(2)6-11(13,7-9)10(12)4-3-5-14-8-10/h13H,3-8,12H2,1-2H3. The maximum absolute atomic E-state index is 10.5. The number of thioether (sulfide) groups is 1. The zero-order chi connectivity index (χ0) is 10.4. The minimum atomic E-state index is -0.579. The summed E-state index contributed by atoms with van der Waals surface area (Å²) in [5.74, 6) is 2.14. The van der Waals surface area contributed by atoms with Crippen LogP contribution in [0.4, 0.5) is 0 Å². The molecule has 0 aromatic heterocycles. The first-order chi connectivity index (χ1) is 6.37. The molecule has 2 nitrogen and oxygen atoms in total. The molecule has 1 atom stereocenters. The van der Waals surface area contributed by atoms with Crippen LogP contribution in [0.2, 0.25) is 0 Å². The molecule has 0 bridgehead atoms. The second-order valence-electron chi connectivity index (χ2n) is 5.86. The summed E-state index contributed by atoms with van der Waals surface area (Å²) in [5.41, 5.74) is 5.75. The fourth-order valence-corrected chi connectivity index (χ4v) is 4.34. The maximum Gasteiger partial charge on any atom is 0.0844 e. The Labute approximate surface area is 90.6 Å². The van der Waals surface area contributed by atoms with Crippen LogP contribution < -0.4 is 5.73 Å². The average molecular weight is 215 g/mol. The highest BCUT2D eigenvalue weighted by Crippen LogP contribution is 2.54. The number of nitrogens with two attached hydrogens (primary N) is 1. The average Bonchev–Trinajstić information content (AvgIpc) is 2.01. The molecule has 2 rings (SSSR count). The van der Waals surface area contributed by atoms with E-state index >= 15 is 0 Å². The van der Waals surface area contributed by atoms with E-state index in [-0.39, 0.29) is 5.54 Å². The van der Waals surface area contributed by atoms with E-state index in [2.05, 4.69) is 13.8 Å². The molecule has 1 aliphatic carbocycles. The molecule has 0 amide bonds. The molecule has 1 unspecified atom stereocenters. The van der Waals surface area contributed by atoms with Gasteiger partial charge in [0.15, 0.2) is 0 Å². The fraction of sp³-hybridized carbons (Fsp3) is 1.00. The van der Waals surface area contributed by atoms with Gasteiger partial charge in [-0.1, -0.05) is 13.8 Å². The van der Waals surface area contributed by atoms with Crippen LogP contribution in [-0.2, 0) is 0 Å². The Bertz CT molecular complexity index is 225.